The van der Waals surface area contributed by atoms with Gasteiger partial charge in [-0.15, -0.1) is 11.3 Å². The van der Waals surface area contributed by atoms with E-state index in [4.69, 9.17) is 0 Å². The number of benzene rings is 1. The van der Waals surface area contributed by atoms with Crippen LogP contribution < -0.4 is 5.56 Å². The Morgan fingerprint density at radius 3 is 2.44 bits per heavy atom. The minimum atomic E-state index is -0.195. The predicted molar refractivity (Wildman–Crippen MR) is 96.3 cm³/mol. The van der Waals surface area contributed by atoms with Crippen LogP contribution in [0.3, 0.4) is 0 Å². The van der Waals surface area contributed by atoms with Gasteiger partial charge in [0, 0.05) is 56.9 Å². The molecule has 130 valence electrons. The smallest absolute Gasteiger partial charge is 0.258 e. The van der Waals surface area contributed by atoms with E-state index in [0.717, 1.165) is 48.9 Å². The van der Waals surface area contributed by atoms with Gasteiger partial charge in [0.05, 0.1) is 5.69 Å². The molecule has 4 rings (SSSR count). The lowest BCUT2D eigenvalue weighted by atomic mass is 10.2. The van der Waals surface area contributed by atoms with Crippen LogP contribution in [-0.2, 0) is 13.1 Å². The summed E-state index contributed by atoms with van der Waals surface area (Å²) in [5.41, 5.74) is 1.95. The molecule has 3 aromatic rings. The summed E-state index contributed by atoms with van der Waals surface area (Å²) in [4.78, 5) is 22.1. The molecule has 1 saturated heterocycles. The molecule has 0 unspecified atom stereocenters. The maximum absolute atomic E-state index is 13.0. The first-order chi connectivity index (χ1) is 12.2. The molecule has 5 nitrogen and oxygen atoms in total. The Kier molecular flexibility index (Phi) is 4.61. The molecular formula is C18H19FN4OS. The second-order valence-corrected chi connectivity index (χ2v) is 7.19. The molecule has 1 aliphatic rings. The van der Waals surface area contributed by atoms with Crippen LogP contribution in [0, 0.1) is 5.82 Å². The minimum Gasteiger partial charge on any atom is -0.297 e. The van der Waals surface area contributed by atoms with E-state index >= 15 is 0 Å². The van der Waals surface area contributed by atoms with E-state index in [9.17, 15) is 9.18 Å². The zero-order valence-corrected chi connectivity index (χ0v) is 14.6. The average Bonchev–Trinajstić information content (AvgIpc) is 3.08. The van der Waals surface area contributed by atoms with Gasteiger partial charge >= 0.3 is 0 Å². The van der Waals surface area contributed by atoms with Gasteiger partial charge in [-0.25, -0.2) is 9.37 Å². The fourth-order valence-corrected chi connectivity index (χ4v) is 3.89. The van der Waals surface area contributed by atoms with Crippen molar-refractivity contribution in [2.75, 3.05) is 26.2 Å². The molecule has 0 spiro atoms. The maximum atomic E-state index is 13.0. The number of hydrogen-bond acceptors (Lipinski definition) is 5. The molecule has 0 radical (unpaired) electrons. The van der Waals surface area contributed by atoms with Crippen LogP contribution in [0.5, 0.6) is 0 Å². The van der Waals surface area contributed by atoms with Crippen molar-refractivity contribution in [2.24, 2.45) is 0 Å². The van der Waals surface area contributed by atoms with Crippen molar-refractivity contribution in [3.63, 3.8) is 0 Å². The highest BCUT2D eigenvalue weighted by Crippen LogP contribution is 2.12. The largest absolute Gasteiger partial charge is 0.297 e. The standard InChI is InChI=1S/C18H19FN4OS/c19-15-3-1-14(2-4-15)12-21-5-7-22(8-6-21)13-16-11-17(24)23-9-10-25-18(23)20-16/h1-4,9-11H,5-8,12-13H2. The van der Waals surface area contributed by atoms with E-state index in [2.05, 4.69) is 14.8 Å². The number of aromatic nitrogens is 2. The Morgan fingerprint density at radius 1 is 1.04 bits per heavy atom. The Balaban J connectivity index is 1.35. The van der Waals surface area contributed by atoms with Crippen LogP contribution >= 0.6 is 11.3 Å². The van der Waals surface area contributed by atoms with Crippen molar-refractivity contribution in [1.29, 1.82) is 0 Å². The summed E-state index contributed by atoms with van der Waals surface area (Å²) in [7, 11) is 0. The quantitative estimate of drug-likeness (QED) is 0.717. The predicted octanol–water partition coefficient (Wildman–Crippen LogP) is 2.21. The molecule has 0 atom stereocenters. The summed E-state index contributed by atoms with van der Waals surface area (Å²) in [6.45, 7) is 5.33. The van der Waals surface area contributed by atoms with Crippen LogP contribution in [0.2, 0.25) is 0 Å². The topological polar surface area (TPSA) is 40.9 Å². The number of hydrogen-bond donors (Lipinski definition) is 0. The second-order valence-electron chi connectivity index (χ2n) is 6.32. The van der Waals surface area contributed by atoms with E-state index in [-0.39, 0.29) is 11.4 Å². The minimum absolute atomic E-state index is 0.0174. The third-order valence-electron chi connectivity index (χ3n) is 4.53. The molecule has 1 aliphatic heterocycles. The van der Waals surface area contributed by atoms with Gasteiger partial charge in [-0.3, -0.25) is 19.0 Å². The number of nitrogens with zero attached hydrogens (tertiary/aromatic N) is 4. The highest BCUT2D eigenvalue weighted by Gasteiger charge is 2.18. The van der Waals surface area contributed by atoms with Gasteiger partial charge in [0.1, 0.15) is 5.82 Å². The van der Waals surface area contributed by atoms with E-state index in [1.807, 2.05) is 17.5 Å². The molecule has 0 saturated carbocycles. The molecule has 0 aliphatic carbocycles. The van der Waals surface area contributed by atoms with E-state index in [1.54, 1.807) is 16.7 Å². The third-order valence-corrected chi connectivity index (χ3v) is 5.28. The van der Waals surface area contributed by atoms with Crippen molar-refractivity contribution >= 4 is 16.3 Å². The Bertz CT molecular complexity index is 913. The van der Waals surface area contributed by atoms with Crippen LogP contribution in [0.4, 0.5) is 4.39 Å². The van der Waals surface area contributed by atoms with Crippen LogP contribution in [0.15, 0.2) is 46.7 Å². The van der Waals surface area contributed by atoms with Crippen molar-refractivity contribution in [2.45, 2.75) is 13.1 Å². The molecule has 0 N–H and O–H groups in total. The first kappa shape index (κ1) is 16.4. The summed E-state index contributed by atoms with van der Waals surface area (Å²) in [6.07, 6.45) is 1.76. The molecule has 1 aromatic carbocycles. The molecule has 2 aromatic heterocycles. The highest BCUT2D eigenvalue weighted by molar-refractivity contribution is 7.15. The Morgan fingerprint density at radius 2 is 1.72 bits per heavy atom. The Hall–Kier alpha value is -2.09. The number of halogens is 1. The lowest BCUT2D eigenvalue weighted by Crippen LogP contribution is -2.45. The molecule has 3 heterocycles. The SMILES string of the molecule is O=c1cc(CN2CCN(Cc3ccc(F)cc3)CC2)nc2sccn12. The number of thiazole rings is 1. The van der Waals surface area contributed by atoms with Crippen LogP contribution in [0.25, 0.3) is 4.96 Å². The molecule has 0 bridgehead atoms. The zero-order chi connectivity index (χ0) is 17.2. The second kappa shape index (κ2) is 7.03. The van der Waals surface area contributed by atoms with Crippen molar-refractivity contribution in [1.82, 2.24) is 19.2 Å². The van der Waals surface area contributed by atoms with E-state index < -0.39 is 0 Å². The monoisotopic (exact) mass is 358 g/mol. The van der Waals surface area contributed by atoms with Crippen LogP contribution in [0.1, 0.15) is 11.3 Å². The van der Waals surface area contributed by atoms with Crippen LogP contribution in [-0.4, -0.2) is 45.4 Å². The summed E-state index contributed by atoms with van der Waals surface area (Å²) < 4.78 is 14.6. The summed E-state index contributed by atoms with van der Waals surface area (Å²) >= 11 is 1.48. The fraction of sp³-hybridized carbons (Fsp3) is 0.333. The van der Waals surface area contributed by atoms with E-state index in [0.29, 0.717) is 6.54 Å². The maximum Gasteiger partial charge on any atom is 0.258 e. The fourth-order valence-electron chi connectivity index (χ4n) is 3.15. The summed E-state index contributed by atoms with van der Waals surface area (Å²) in [5, 5.41) is 1.88. The van der Waals surface area contributed by atoms with Gasteiger partial charge in [0.15, 0.2) is 4.96 Å². The normalized spacial score (nSPS) is 16.5. The molecule has 0 amide bonds. The number of piperazine rings is 1. The van der Waals surface area contributed by atoms with Gasteiger partial charge in [-0.05, 0) is 17.7 Å². The third kappa shape index (κ3) is 3.78. The lowest BCUT2D eigenvalue weighted by Gasteiger charge is -2.34. The van der Waals surface area contributed by atoms with Gasteiger partial charge in [-0.2, -0.15) is 0 Å². The van der Waals surface area contributed by atoms with Gasteiger partial charge < -0.3 is 0 Å². The average molecular weight is 358 g/mol. The van der Waals surface area contributed by atoms with Crippen molar-refractivity contribution in [3.05, 3.63) is 69.3 Å². The van der Waals surface area contributed by atoms with Crippen molar-refractivity contribution in [3.8, 4) is 0 Å². The molecular weight excluding hydrogens is 339 g/mol. The highest BCUT2D eigenvalue weighted by atomic mass is 32.1. The number of rotatable bonds is 4. The van der Waals surface area contributed by atoms with Crippen molar-refractivity contribution < 1.29 is 4.39 Å². The van der Waals surface area contributed by atoms with Gasteiger partial charge in [0.25, 0.3) is 5.56 Å². The summed E-state index contributed by atoms with van der Waals surface area (Å²) in [5.74, 6) is -0.195. The molecule has 7 heteroatoms. The summed E-state index contributed by atoms with van der Waals surface area (Å²) in [6, 6.07) is 8.34. The molecule has 1 fully saturated rings. The van der Waals surface area contributed by atoms with Gasteiger partial charge in [0.2, 0.25) is 0 Å². The first-order valence-electron chi connectivity index (χ1n) is 8.32. The number of fused-ring (bicyclic) bond motifs is 1. The Labute approximate surface area is 149 Å². The lowest BCUT2D eigenvalue weighted by molar-refractivity contribution is 0.121. The van der Waals surface area contributed by atoms with Gasteiger partial charge in [-0.1, -0.05) is 12.1 Å². The molecule has 25 heavy (non-hydrogen) atoms. The first-order valence-corrected chi connectivity index (χ1v) is 9.20. The van der Waals surface area contributed by atoms with E-state index in [1.165, 1.54) is 23.5 Å². The zero-order valence-electron chi connectivity index (χ0n) is 13.8.